The van der Waals surface area contributed by atoms with E-state index in [1.54, 1.807) is 36.2 Å². The number of amides is 2. The molecule has 1 aliphatic rings. The van der Waals surface area contributed by atoms with Crippen molar-refractivity contribution in [1.29, 1.82) is 5.26 Å². The van der Waals surface area contributed by atoms with Crippen molar-refractivity contribution in [3.05, 3.63) is 77.4 Å². The van der Waals surface area contributed by atoms with Crippen molar-refractivity contribution < 1.29 is 4.79 Å². The molecule has 2 atom stereocenters. The molecule has 2 aromatic carbocycles. The molecule has 1 saturated carbocycles. The maximum Gasteiger partial charge on any atom is 0.322 e. The zero-order valence-electron chi connectivity index (χ0n) is 15.4. The van der Waals surface area contributed by atoms with Gasteiger partial charge in [-0.25, -0.2) is 4.79 Å². The van der Waals surface area contributed by atoms with Crippen LogP contribution in [0.15, 0.2) is 60.7 Å². The molecular formula is C22H23N3O. The fourth-order valence-electron chi connectivity index (χ4n) is 3.73. The SMILES string of the molecule is C=C1[C@H](N(C)C(=O)Nc2ccc(C#N)cc2)[C@@]1(C)c1ccccc1CC. The van der Waals surface area contributed by atoms with Crippen LogP contribution in [-0.2, 0) is 11.8 Å². The van der Waals surface area contributed by atoms with E-state index in [4.69, 9.17) is 5.26 Å². The number of nitrogens with zero attached hydrogens (tertiary/aromatic N) is 2. The highest BCUT2D eigenvalue weighted by Crippen LogP contribution is 2.56. The molecule has 132 valence electrons. The van der Waals surface area contributed by atoms with Crippen LogP contribution in [0.5, 0.6) is 0 Å². The zero-order chi connectivity index (χ0) is 18.9. The third kappa shape index (κ3) is 2.86. The lowest BCUT2D eigenvalue weighted by molar-refractivity contribution is 0.218. The number of likely N-dealkylation sites (N-methyl/N-ethyl adjacent to an activating group) is 1. The number of hydrogen-bond donors (Lipinski definition) is 1. The maximum atomic E-state index is 12.7. The average Bonchev–Trinajstić information content (AvgIpc) is 3.23. The summed E-state index contributed by atoms with van der Waals surface area (Å²) in [4.78, 5) is 14.4. The molecule has 26 heavy (non-hydrogen) atoms. The van der Waals surface area contributed by atoms with E-state index < -0.39 is 0 Å². The predicted octanol–water partition coefficient (Wildman–Crippen LogP) is 4.48. The highest BCUT2D eigenvalue weighted by atomic mass is 16.2. The molecule has 2 amide bonds. The van der Waals surface area contributed by atoms with Crippen LogP contribution in [0.1, 0.15) is 30.5 Å². The Kier molecular flexibility index (Phi) is 4.56. The van der Waals surface area contributed by atoms with E-state index in [0.29, 0.717) is 11.3 Å². The number of benzene rings is 2. The molecular weight excluding hydrogens is 322 g/mol. The lowest BCUT2D eigenvalue weighted by atomic mass is 9.90. The Hall–Kier alpha value is -3.06. The third-order valence-corrected chi connectivity index (χ3v) is 5.39. The van der Waals surface area contributed by atoms with Crippen LogP contribution in [0.3, 0.4) is 0 Å². The van der Waals surface area contributed by atoms with Crippen LogP contribution in [0.4, 0.5) is 10.5 Å². The first-order valence-corrected chi connectivity index (χ1v) is 8.75. The Balaban J connectivity index is 1.77. The van der Waals surface area contributed by atoms with E-state index in [9.17, 15) is 4.79 Å². The first-order chi connectivity index (χ1) is 12.4. The smallest absolute Gasteiger partial charge is 0.320 e. The van der Waals surface area contributed by atoms with Crippen LogP contribution in [0.25, 0.3) is 0 Å². The highest BCUT2D eigenvalue weighted by molar-refractivity contribution is 5.90. The first kappa shape index (κ1) is 17.8. The molecule has 0 radical (unpaired) electrons. The number of anilines is 1. The van der Waals surface area contributed by atoms with Gasteiger partial charge in [-0.3, -0.25) is 0 Å². The van der Waals surface area contributed by atoms with E-state index in [1.165, 1.54) is 11.1 Å². The Morgan fingerprint density at radius 1 is 1.27 bits per heavy atom. The number of rotatable bonds is 4. The van der Waals surface area contributed by atoms with Crippen molar-refractivity contribution in [3.63, 3.8) is 0 Å². The monoisotopic (exact) mass is 345 g/mol. The first-order valence-electron chi connectivity index (χ1n) is 8.75. The molecule has 1 fully saturated rings. The molecule has 0 saturated heterocycles. The van der Waals surface area contributed by atoms with E-state index >= 15 is 0 Å². The van der Waals surface area contributed by atoms with Gasteiger partial charge in [-0.05, 0) is 54.3 Å². The third-order valence-electron chi connectivity index (χ3n) is 5.39. The van der Waals surface area contributed by atoms with E-state index in [0.717, 1.165) is 12.0 Å². The number of nitrogens with one attached hydrogen (secondary N) is 1. The van der Waals surface area contributed by atoms with Crippen molar-refractivity contribution in [2.45, 2.75) is 31.7 Å². The quantitative estimate of drug-likeness (QED) is 0.831. The summed E-state index contributed by atoms with van der Waals surface area (Å²) in [6, 6.07) is 17.1. The lowest BCUT2D eigenvalue weighted by Gasteiger charge is -2.22. The van der Waals surface area contributed by atoms with Crippen molar-refractivity contribution in [3.8, 4) is 6.07 Å². The number of urea groups is 1. The molecule has 0 aliphatic heterocycles. The van der Waals surface area contributed by atoms with Crippen molar-refractivity contribution >= 4 is 11.7 Å². The van der Waals surface area contributed by atoms with E-state index in [2.05, 4.69) is 43.9 Å². The molecule has 0 heterocycles. The molecule has 4 heteroatoms. The summed E-state index contributed by atoms with van der Waals surface area (Å²) in [7, 11) is 1.80. The minimum Gasteiger partial charge on any atom is -0.320 e. The minimum atomic E-state index is -0.219. The molecule has 4 nitrogen and oxygen atoms in total. The van der Waals surface area contributed by atoms with Crippen molar-refractivity contribution in [2.24, 2.45) is 0 Å². The number of aryl methyl sites for hydroxylation is 1. The van der Waals surface area contributed by atoms with Crippen LogP contribution in [0.2, 0.25) is 0 Å². The van der Waals surface area contributed by atoms with Gasteiger partial charge in [0.2, 0.25) is 0 Å². The Morgan fingerprint density at radius 3 is 2.54 bits per heavy atom. The topological polar surface area (TPSA) is 56.1 Å². The zero-order valence-corrected chi connectivity index (χ0v) is 15.4. The van der Waals surface area contributed by atoms with E-state index in [-0.39, 0.29) is 17.5 Å². The summed E-state index contributed by atoms with van der Waals surface area (Å²) >= 11 is 0. The summed E-state index contributed by atoms with van der Waals surface area (Å²) < 4.78 is 0. The van der Waals surface area contributed by atoms with Gasteiger partial charge < -0.3 is 10.2 Å². The van der Waals surface area contributed by atoms with Gasteiger partial charge in [0.05, 0.1) is 17.7 Å². The Labute approximate surface area is 154 Å². The van der Waals surface area contributed by atoms with Gasteiger partial charge in [0.1, 0.15) is 0 Å². The summed E-state index contributed by atoms with van der Waals surface area (Å²) in [6.45, 7) is 8.52. The Morgan fingerprint density at radius 2 is 1.92 bits per heavy atom. The van der Waals surface area contributed by atoms with Crippen LogP contribution < -0.4 is 5.32 Å². The van der Waals surface area contributed by atoms with Crippen molar-refractivity contribution in [2.75, 3.05) is 12.4 Å². The summed E-state index contributed by atoms with van der Waals surface area (Å²) in [6.07, 6.45) is 0.951. The summed E-state index contributed by atoms with van der Waals surface area (Å²) in [5.41, 5.74) is 4.60. The highest BCUT2D eigenvalue weighted by Gasteiger charge is 2.59. The van der Waals surface area contributed by atoms with Crippen LogP contribution >= 0.6 is 0 Å². The number of nitriles is 1. The average molecular weight is 345 g/mol. The number of hydrogen-bond acceptors (Lipinski definition) is 2. The minimum absolute atomic E-state index is 0.0337. The summed E-state index contributed by atoms with van der Waals surface area (Å²) in [5.74, 6) is 0. The molecule has 0 unspecified atom stereocenters. The Bertz CT molecular complexity index is 894. The van der Waals surface area contributed by atoms with Gasteiger partial charge in [-0.1, -0.05) is 37.8 Å². The standard InChI is InChI=1S/C22H23N3O/c1-5-17-8-6-7-9-19(17)22(3)15(2)20(22)25(4)21(26)24-18-12-10-16(14-23)11-13-18/h6-13,20H,2,5H2,1,3-4H3,(H,24,26)/t20-,22+/m0/s1. The van der Waals surface area contributed by atoms with Gasteiger partial charge in [0.25, 0.3) is 0 Å². The van der Waals surface area contributed by atoms with Gasteiger partial charge in [-0.15, -0.1) is 0 Å². The summed E-state index contributed by atoms with van der Waals surface area (Å²) in [5, 5.41) is 11.8. The van der Waals surface area contributed by atoms with Gasteiger partial charge in [-0.2, -0.15) is 5.26 Å². The molecule has 1 N–H and O–H groups in total. The van der Waals surface area contributed by atoms with Gasteiger partial charge in [0, 0.05) is 18.2 Å². The van der Waals surface area contributed by atoms with Crippen LogP contribution in [0, 0.1) is 11.3 Å². The molecule has 2 aromatic rings. The second kappa shape index (κ2) is 6.68. The fourth-order valence-corrected chi connectivity index (χ4v) is 3.73. The normalized spacial score (nSPS) is 21.0. The largest absolute Gasteiger partial charge is 0.322 e. The van der Waals surface area contributed by atoms with Gasteiger partial charge >= 0.3 is 6.03 Å². The fraction of sp³-hybridized carbons (Fsp3) is 0.273. The van der Waals surface area contributed by atoms with Crippen molar-refractivity contribution in [1.82, 2.24) is 4.90 Å². The molecule has 3 rings (SSSR count). The number of carbonyl (C=O) groups excluding carboxylic acids is 1. The van der Waals surface area contributed by atoms with Gasteiger partial charge in [0.15, 0.2) is 0 Å². The predicted molar refractivity (Wildman–Crippen MR) is 104 cm³/mol. The van der Waals surface area contributed by atoms with Crippen LogP contribution in [-0.4, -0.2) is 24.0 Å². The molecule has 0 aromatic heterocycles. The number of carbonyl (C=O) groups is 1. The maximum absolute atomic E-state index is 12.7. The second-order valence-electron chi connectivity index (χ2n) is 6.87. The molecule has 0 bridgehead atoms. The lowest BCUT2D eigenvalue weighted by Crippen LogP contribution is -2.36. The molecule has 1 aliphatic carbocycles. The van der Waals surface area contributed by atoms with E-state index in [1.807, 2.05) is 12.1 Å². The molecule has 0 spiro atoms. The second-order valence-corrected chi connectivity index (χ2v) is 6.87.